The number of hydrogen-bond acceptors (Lipinski definition) is 2. The molecule has 0 unspecified atom stereocenters. The number of nitrogens with two attached hydrogens (primary N) is 1. The van der Waals surface area contributed by atoms with Crippen LogP contribution in [-0.4, -0.2) is 10.5 Å². The average Bonchev–Trinajstić information content (AvgIpc) is 3.20. The molecule has 2 heteroatoms. The van der Waals surface area contributed by atoms with Gasteiger partial charge >= 0.3 is 0 Å². The van der Waals surface area contributed by atoms with Crippen molar-refractivity contribution in [3.8, 4) is 0 Å². The molecule has 1 heterocycles. The monoisotopic (exact) mass is 398 g/mol. The molecule has 2 N–H and O–H groups in total. The highest BCUT2D eigenvalue weighted by Crippen LogP contribution is 2.42. The van der Waals surface area contributed by atoms with Crippen molar-refractivity contribution in [2.75, 3.05) is 0 Å². The van der Waals surface area contributed by atoms with E-state index >= 15 is 0 Å². The number of hydrogen-bond donors (Lipinski definition) is 1. The van der Waals surface area contributed by atoms with Crippen molar-refractivity contribution < 1.29 is 0 Å². The zero-order valence-electron chi connectivity index (χ0n) is 18.2. The molecular formula is C28H34N2. The van der Waals surface area contributed by atoms with Gasteiger partial charge in [0.1, 0.15) is 0 Å². The fourth-order valence-corrected chi connectivity index (χ4v) is 5.71. The summed E-state index contributed by atoms with van der Waals surface area (Å²) in [6, 6.07) is 20.2. The van der Waals surface area contributed by atoms with Gasteiger partial charge in [0.05, 0.1) is 5.52 Å². The van der Waals surface area contributed by atoms with Crippen LogP contribution in [0.15, 0.2) is 54.6 Å². The van der Waals surface area contributed by atoms with E-state index in [1.165, 1.54) is 55.2 Å². The van der Waals surface area contributed by atoms with Crippen LogP contribution in [0.5, 0.6) is 0 Å². The van der Waals surface area contributed by atoms with Gasteiger partial charge in [-0.2, -0.15) is 0 Å². The summed E-state index contributed by atoms with van der Waals surface area (Å²) in [6.45, 7) is 2.24. The topological polar surface area (TPSA) is 38.9 Å². The number of rotatable bonds is 5. The highest BCUT2D eigenvalue weighted by molar-refractivity contribution is 5.78. The number of nitrogens with zero attached hydrogens (tertiary/aromatic N) is 1. The molecule has 0 radical (unpaired) electrons. The van der Waals surface area contributed by atoms with Gasteiger partial charge in [0, 0.05) is 16.6 Å². The van der Waals surface area contributed by atoms with Crippen molar-refractivity contribution in [3.63, 3.8) is 0 Å². The largest absolute Gasteiger partial charge is 0.325 e. The fourth-order valence-electron chi connectivity index (χ4n) is 5.71. The van der Waals surface area contributed by atoms with Crippen LogP contribution in [0.2, 0.25) is 0 Å². The van der Waals surface area contributed by atoms with Crippen LogP contribution in [0, 0.1) is 5.92 Å². The van der Waals surface area contributed by atoms with Crippen LogP contribution in [0.25, 0.3) is 10.9 Å². The van der Waals surface area contributed by atoms with E-state index in [0.29, 0.717) is 5.92 Å². The molecule has 3 atom stereocenters. The number of benzene rings is 2. The second-order valence-electron chi connectivity index (χ2n) is 9.83. The standard InChI is InChI=1S/C28H34N2/c1-2-28(29)16-15-25(19-28)24-11-10-22-17-20(7-9-23(22)18-24)8-13-26-14-12-21-5-3-4-6-27(21)30-26/h3-6,10-12,14,18,20,25H,2,7-9,13,15-17,19,29H2,1H3/t20-,25-,28+/m0/s1. The first-order valence-electron chi connectivity index (χ1n) is 11.9. The summed E-state index contributed by atoms with van der Waals surface area (Å²) in [5, 5.41) is 1.23. The molecule has 156 valence electrons. The highest BCUT2D eigenvalue weighted by atomic mass is 14.8. The number of fused-ring (bicyclic) bond motifs is 2. The van der Waals surface area contributed by atoms with E-state index in [-0.39, 0.29) is 5.54 Å². The molecule has 2 nitrogen and oxygen atoms in total. The molecular weight excluding hydrogens is 364 g/mol. The van der Waals surface area contributed by atoms with E-state index in [0.717, 1.165) is 30.7 Å². The zero-order valence-corrected chi connectivity index (χ0v) is 18.2. The van der Waals surface area contributed by atoms with Gasteiger partial charge in [-0.05, 0) is 98.4 Å². The van der Waals surface area contributed by atoms with E-state index in [2.05, 4.69) is 61.5 Å². The summed E-state index contributed by atoms with van der Waals surface area (Å²) in [5.41, 5.74) is 13.7. The molecule has 3 aromatic rings. The Morgan fingerprint density at radius 2 is 1.93 bits per heavy atom. The molecule has 2 aliphatic carbocycles. The molecule has 0 aliphatic heterocycles. The predicted molar refractivity (Wildman–Crippen MR) is 126 cm³/mol. The minimum absolute atomic E-state index is 0.0719. The van der Waals surface area contributed by atoms with Crippen molar-refractivity contribution in [2.24, 2.45) is 11.7 Å². The van der Waals surface area contributed by atoms with Gasteiger partial charge in [-0.1, -0.05) is 49.4 Å². The van der Waals surface area contributed by atoms with Gasteiger partial charge in [0.2, 0.25) is 0 Å². The van der Waals surface area contributed by atoms with E-state index < -0.39 is 0 Å². The molecule has 30 heavy (non-hydrogen) atoms. The lowest BCUT2D eigenvalue weighted by Gasteiger charge is -2.26. The normalized spacial score (nSPS) is 26.1. The SMILES string of the molecule is CC[C@@]1(N)CC[C@H](c2ccc3c(c2)CC[C@@H](CCc2ccc4ccccc4n2)C3)C1. The van der Waals surface area contributed by atoms with Crippen molar-refractivity contribution in [3.05, 3.63) is 77.0 Å². The second kappa shape index (κ2) is 8.15. The second-order valence-corrected chi connectivity index (χ2v) is 9.83. The van der Waals surface area contributed by atoms with Gasteiger partial charge in [0.25, 0.3) is 0 Å². The van der Waals surface area contributed by atoms with Crippen molar-refractivity contribution >= 4 is 10.9 Å². The van der Waals surface area contributed by atoms with E-state index in [9.17, 15) is 0 Å². The Morgan fingerprint density at radius 3 is 2.80 bits per heavy atom. The Bertz CT molecular complexity index is 1040. The average molecular weight is 399 g/mol. The number of para-hydroxylation sites is 1. The lowest BCUT2D eigenvalue weighted by Crippen LogP contribution is -2.35. The van der Waals surface area contributed by atoms with Gasteiger partial charge in [-0.15, -0.1) is 0 Å². The molecule has 5 rings (SSSR count). The van der Waals surface area contributed by atoms with Crippen LogP contribution in [0.1, 0.15) is 73.8 Å². The van der Waals surface area contributed by atoms with Gasteiger partial charge < -0.3 is 5.73 Å². The molecule has 0 amide bonds. The maximum atomic E-state index is 6.55. The lowest BCUT2D eigenvalue weighted by atomic mass is 9.79. The Balaban J connectivity index is 1.22. The molecule has 2 aliphatic rings. The van der Waals surface area contributed by atoms with Crippen LogP contribution in [0.3, 0.4) is 0 Å². The Hall–Kier alpha value is -2.19. The molecule has 1 saturated carbocycles. The summed E-state index contributed by atoms with van der Waals surface area (Å²) in [6.07, 6.45) is 10.8. The number of aromatic nitrogens is 1. The van der Waals surface area contributed by atoms with Gasteiger partial charge in [0.15, 0.2) is 0 Å². The first-order chi connectivity index (χ1) is 14.6. The molecule has 0 bridgehead atoms. The van der Waals surface area contributed by atoms with Crippen LogP contribution < -0.4 is 5.73 Å². The van der Waals surface area contributed by atoms with E-state index in [1.54, 1.807) is 11.1 Å². The zero-order chi connectivity index (χ0) is 20.6. The van der Waals surface area contributed by atoms with Crippen LogP contribution in [-0.2, 0) is 19.3 Å². The molecule has 1 fully saturated rings. The molecule has 0 saturated heterocycles. The Kier molecular flexibility index (Phi) is 5.37. The fraction of sp³-hybridized carbons (Fsp3) is 0.464. The maximum Gasteiger partial charge on any atom is 0.0705 e. The molecule has 2 aromatic carbocycles. The van der Waals surface area contributed by atoms with Gasteiger partial charge in [-0.25, -0.2) is 0 Å². The van der Waals surface area contributed by atoms with E-state index in [4.69, 9.17) is 10.7 Å². The van der Waals surface area contributed by atoms with Gasteiger partial charge in [-0.3, -0.25) is 4.98 Å². The minimum atomic E-state index is 0.0719. The number of pyridine rings is 1. The van der Waals surface area contributed by atoms with Crippen molar-refractivity contribution in [2.45, 2.75) is 76.2 Å². The third-order valence-corrected chi connectivity index (χ3v) is 7.84. The molecule has 1 aromatic heterocycles. The van der Waals surface area contributed by atoms with Crippen LogP contribution >= 0.6 is 0 Å². The Morgan fingerprint density at radius 1 is 1.03 bits per heavy atom. The van der Waals surface area contributed by atoms with Crippen molar-refractivity contribution in [1.82, 2.24) is 4.98 Å². The van der Waals surface area contributed by atoms with E-state index in [1.807, 2.05) is 0 Å². The first-order valence-corrected chi connectivity index (χ1v) is 11.9. The third kappa shape index (κ3) is 4.03. The van der Waals surface area contributed by atoms with Crippen LogP contribution in [0.4, 0.5) is 0 Å². The smallest absolute Gasteiger partial charge is 0.0705 e. The summed E-state index contributed by atoms with van der Waals surface area (Å²) in [7, 11) is 0. The minimum Gasteiger partial charge on any atom is -0.325 e. The summed E-state index contributed by atoms with van der Waals surface area (Å²) < 4.78 is 0. The highest BCUT2D eigenvalue weighted by Gasteiger charge is 2.35. The third-order valence-electron chi connectivity index (χ3n) is 7.84. The molecule has 0 spiro atoms. The maximum absolute atomic E-state index is 6.55. The summed E-state index contributed by atoms with van der Waals surface area (Å²) in [5.74, 6) is 1.44. The van der Waals surface area contributed by atoms with Crippen molar-refractivity contribution in [1.29, 1.82) is 0 Å². The summed E-state index contributed by atoms with van der Waals surface area (Å²) >= 11 is 0. The quantitative estimate of drug-likeness (QED) is 0.544. The Labute approximate surface area is 180 Å². The predicted octanol–water partition coefficient (Wildman–Crippen LogP) is 6.35. The lowest BCUT2D eigenvalue weighted by molar-refractivity contribution is 0.417. The number of aryl methyl sites for hydroxylation is 2. The summed E-state index contributed by atoms with van der Waals surface area (Å²) in [4.78, 5) is 4.87. The first kappa shape index (κ1) is 19.8.